The van der Waals surface area contributed by atoms with Crippen LogP contribution in [-0.4, -0.2) is 0 Å². The van der Waals surface area contributed by atoms with Crippen molar-refractivity contribution in [3.63, 3.8) is 0 Å². The highest BCUT2D eigenvalue weighted by Gasteiger charge is 2.37. The molecular weight excluding hydrogens is 759 g/mol. The highest BCUT2D eigenvalue weighted by atomic mass is 32.1. The minimum absolute atomic E-state index is 0.118. The van der Waals surface area contributed by atoms with Crippen molar-refractivity contribution in [2.45, 2.75) is 38.5 Å². The molecule has 61 heavy (non-hydrogen) atoms. The molecule has 9 aromatic carbocycles. The number of hydrogen-bond acceptors (Lipinski definition) is 3. The van der Waals surface area contributed by atoms with Crippen LogP contribution in [0.25, 0.3) is 86.3 Å². The average Bonchev–Trinajstić information content (AvgIpc) is 3.99. The molecule has 11 aromatic rings. The van der Waals surface area contributed by atoms with E-state index in [1.165, 1.54) is 81.0 Å². The fourth-order valence-electron chi connectivity index (χ4n) is 11.1. The van der Waals surface area contributed by atoms with Gasteiger partial charge >= 0.3 is 0 Å². The molecule has 2 nitrogen and oxygen atoms in total. The Labute approximate surface area is 358 Å². The molecule has 0 aliphatic heterocycles. The van der Waals surface area contributed by atoms with Gasteiger partial charge in [0.05, 0.1) is 21.5 Å². The fourth-order valence-corrected chi connectivity index (χ4v) is 12.3. The van der Waals surface area contributed by atoms with Crippen LogP contribution in [-0.2, 0) is 10.8 Å². The van der Waals surface area contributed by atoms with Gasteiger partial charge in [-0.3, -0.25) is 0 Å². The Balaban J connectivity index is 1.10. The molecular formula is C58H41NOS. The number of fused-ring (bicyclic) bond motifs is 13. The molecule has 2 heterocycles. The highest BCUT2D eigenvalue weighted by molar-refractivity contribution is 7.26. The summed E-state index contributed by atoms with van der Waals surface area (Å²) in [6.45, 7) is 9.46. The minimum Gasteiger partial charge on any atom is -0.455 e. The summed E-state index contributed by atoms with van der Waals surface area (Å²) >= 11 is 1.87. The van der Waals surface area contributed by atoms with E-state index < -0.39 is 0 Å². The topological polar surface area (TPSA) is 16.4 Å². The van der Waals surface area contributed by atoms with Crippen molar-refractivity contribution in [2.75, 3.05) is 4.90 Å². The van der Waals surface area contributed by atoms with Crippen LogP contribution < -0.4 is 4.90 Å². The zero-order valence-corrected chi connectivity index (χ0v) is 35.3. The monoisotopic (exact) mass is 799 g/mol. The summed E-state index contributed by atoms with van der Waals surface area (Å²) in [5, 5.41) is 7.18. The Morgan fingerprint density at radius 2 is 1.07 bits per heavy atom. The summed E-state index contributed by atoms with van der Waals surface area (Å²) in [6, 6.07) is 65.4. The van der Waals surface area contributed by atoms with Crippen LogP contribution in [0.15, 0.2) is 180 Å². The van der Waals surface area contributed by atoms with Crippen molar-refractivity contribution in [1.82, 2.24) is 0 Å². The lowest BCUT2D eigenvalue weighted by molar-refractivity contribution is 0.660. The zero-order chi connectivity index (χ0) is 40.8. The summed E-state index contributed by atoms with van der Waals surface area (Å²) in [5.74, 6) is 0. The largest absolute Gasteiger partial charge is 0.455 e. The lowest BCUT2D eigenvalue weighted by Crippen LogP contribution is -2.16. The molecule has 13 rings (SSSR count). The SMILES string of the molecule is CC1(C)c2ccccc2-c2ccc(-c3c4ccccc4cc4c3oc3cccc(N(c5ccc6c(c5)C(C)(C)c5ccccc5-6)c5cccc6c5sc5ccccc56)c34)cc21. The molecule has 2 aromatic heterocycles. The van der Waals surface area contributed by atoms with Crippen LogP contribution in [0.4, 0.5) is 17.1 Å². The summed E-state index contributed by atoms with van der Waals surface area (Å²) in [5.41, 5.74) is 18.0. The lowest BCUT2D eigenvalue weighted by Gasteiger charge is -2.29. The Bertz CT molecular complexity index is 3670. The number of furan rings is 1. The van der Waals surface area contributed by atoms with Crippen molar-refractivity contribution in [3.05, 3.63) is 198 Å². The summed E-state index contributed by atoms with van der Waals surface area (Å²) in [4.78, 5) is 2.51. The zero-order valence-electron chi connectivity index (χ0n) is 34.5. The molecule has 0 saturated heterocycles. The first kappa shape index (κ1) is 34.9. The molecule has 0 amide bonds. The van der Waals surface area contributed by atoms with Gasteiger partial charge < -0.3 is 9.32 Å². The Morgan fingerprint density at radius 3 is 1.85 bits per heavy atom. The number of hydrogen-bond donors (Lipinski definition) is 0. The van der Waals surface area contributed by atoms with E-state index in [4.69, 9.17) is 4.42 Å². The van der Waals surface area contributed by atoms with Crippen LogP contribution >= 0.6 is 11.3 Å². The maximum atomic E-state index is 7.20. The van der Waals surface area contributed by atoms with Gasteiger partial charge in [0.2, 0.25) is 0 Å². The second-order valence-electron chi connectivity index (χ2n) is 18.0. The number of thiophene rings is 1. The van der Waals surface area contributed by atoms with Crippen molar-refractivity contribution < 1.29 is 4.42 Å². The van der Waals surface area contributed by atoms with Gasteiger partial charge in [0.25, 0.3) is 0 Å². The predicted octanol–water partition coefficient (Wildman–Crippen LogP) is 16.9. The smallest absolute Gasteiger partial charge is 0.143 e. The molecule has 0 N–H and O–H groups in total. The fraction of sp³-hybridized carbons (Fsp3) is 0.103. The van der Waals surface area contributed by atoms with Crippen LogP contribution in [0.1, 0.15) is 49.9 Å². The van der Waals surface area contributed by atoms with Crippen molar-refractivity contribution in [1.29, 1.82) is 0 Å². The summed E-state index contributed by atoms with van der Waals surface area (Å²) < 4.78 is 9.76. The van der Waals surface area contributed by atoms with Crippen LogP contribution in [0.3, 0.4) is 0 Å². The molecule has 0 spiro atoms. The van der Waals surface area contributed by atoms with E-state index in [2.05, 4.69) is 209 Å². The summed E-state index contributed by atoms with van der Waals surface area (Å²) in [7, 11) is 0. The number of anilines is 3. The van der Waals surface area contributed by atoms with Crippen LogP contribution in [0.5, 0.6) is 0 Å². The van der Waals surface area contributed by atoms with Gasteiger partial charge in [-0.2, -0.15) is 0 Å². The van der Waals surface area contributed by atoms with Crippen molar-refractivity contribution in [2.24, 2.45) is 0 Å². The number of rotatable bonds is 4. The molecule has 3 heteroatoms. The van der Waals surface area contributed by atoms with Crippen LogP contribution in [0, 0.1) is 0 Å². The van der Waals surface area contributed by atoms with E-state index >= 15 is 0 Å². The molecule has 0 unspecified atom stereocenters. The number of benzene rings is 9. The van der Waals surface area contributed by atoms with Gasteiger partial charge in [-0.05, 0) is 109 Å². The van der Waals surface area contributed by atoms with Gasteiger partial charge in [-0.25, -0.2) is 0 Å². The quantitative estimate of drug-likeness (QED) is 0.176. The second kappa shape index (κ2) is 12.3. The molecule has 0 radical (unpaired) electrons. The maximum absolute atomic E-state index is 7.20. The van der Waals surface area contributed by atoms with E-state index in [0.717, 1.165) is 44.6 Å². The molecule has 290 valence electrons. The molecule has 2 aliphatic rings. The van der Waals surface area contributed by atoms with Crippen molar-refractivity contribution in [3.8, 4) is 33.4 Å². The Kier molecular flexibility index (Phi) is 7.04. The van der Waals surface area contributed by atoms with E-state index in [-0.39, 0.29) is 10.8 Å². The summed E-state index contributed by atoms with van der Waals surface area (Å²) in [6.07, 6.45) is 0. The third kappa shape index (κ3) is 4.73. The van der Waals surface area contributed by atoms with E-state index in [9.17, 15) is 0 Å². The first-order valence-corrected chi connectivity index (χ1v) is 22.2. The number of nitrogens with zero attached hydrogens (tertiary/aromatic N) is 1. The minimum atomic E-state index is -0.148. The maximum Gasteiger partial charge on any atom is 0.143 e. The van der Waals surface area contributed by atoms with E-state index in [0.29, 0.717) is 0 Å². The average molecular weight is 800 g/mol. The van der Waals surface area contributed by atoms with Gasteiger partial charge in [0.15, 0.2) is 0 Å². The third-order valence-electron chi connectivity index (χ3n) is 14.0. The normalized spacial score (nSPS) is 14.5. The van der Waals surface area contributed by atoms with Crippen LogP contribution in [0.2, 0.25) is 0 Å². The molecule has 0 bridgehead atoms. The van der Waals surface area contributed by atoms with Gasteiger partial charge in [0.1, 0.15) is 11.2 Å². The van der Waals surface area contributed by atoms with E-state index in [1.54, 1.807) is 0 Å². The third-order valence-corrected chi connectivity index (χ3v) is 15.3. The predicted molar refractivity (Wildman–Crippen MR) is 259 cm³/mol. The van der Waals surface area contributed by atoms with Gasteiger partial charge in [0, 0.05) is 42.9 Å². The molecule has 0 atom stereocenters. The molecule has 0 saturated carbocycles. The molecule has 0 fully saturated rings. The van der Waals surface area contributed by atoms with Gasteiger partial charge in [-0.15, -0.1) is 11.3 Å². The lowest BCUT2D eigenvalue weighted by atomic mass is 9.81. The first-order valence-electron chi connectivity index (χ1n) is 21.3. The standard InChI is InChI=1S/C58H41NOS/c1-57(2)45-21-10-7-17-38(45)40-29-27-35(32-47(40)57)53-37-16-6-5-15-34(37)31-44-54-49(23-14-25-51(54)60-55(44)53)59(50-24-13-20-43-42-19-9-12-26-52(42)61-56(43)50)36-28-30-41-39-18-8-11-22-46(39)58(3,4)48(41)33-36/h5-33H,1-4H3. The Morgan fingerprint density at radius 1 is 0.459 bits per heavy atom. The van der Waals surface area contributed by atoms with Crippen molar-refractivity contribution >= 4 is 81.3 Å². The highest BCUT2D eigenvalue weighted by Crippen LogP contribution is 2.55. The van der Waals surface area contributed by atoms with E-state index in [1.807, 2.05) is 11.3 Å². The Hall–Kier alpha value is -6.94. The van der Waals surface area contributed by atoms with Gasteiger partial charge in [-0.1, -0.05) is 155 Å². The second-order valence-corrected chi connectivity index (χ2v) is 19.1. The first-order chi connectivity index (χ1) is 29.8. The molecule has 2 aliphatic carbocycles.